The molecule has 1 aromatic heterocycles. The summed E-state index contributed by atoms with van der Waals surface area (Å²) in [5.41, 5.74) is -0.544. The largest absolute Gasteiger partial charge is 0.445 e. The van der Waals surface area contributed by atoms with Crippen molar-refractivity contribution in [3.8, 4) is 10.8 Å². The predicted molar refractivity (Wildman–Crippen MR) is 86.2 cm³/mol. The molecular weight excluding hydrogens is 356 g/mol. The quantitative estimate of drug-likeness (QED) is 0.821. The molecular formula is C14H15BrN2O3S. The van der Waals surface area contributed by atoms with E-state index in [1.165, 1.54) is 11.3 Å². The van der Waals surface area contributed by atoms with E-state index >= 15 is 0 Å². The van der Waals surface area contributed by atoms with Crippen molar-refractivity contribution in [1.29, 1.82) is 0 Å². The number of thiazole rings is 1. The Morgan fingerprint density at radius 3 is 2.57 bits per heavy atom. The molecule has 5 nitrogen and oxygen atoms in total. The number of aromatic nitrogens is 1. The minimum atomic E-state index is -0.544. The van der Waals surface area contributed by atoms with Crippen LogP contribution in [0.15, 0.2) is 34.9 Å². The Hall–Kier alpha value is -1.60. The van der Waals surface area contributed by atoms with Gasteiger partial charge in [-0.2, -0.15) is 0 Å². The van der Waals surface area contributed by atoms with Gasteiger partial charge in [0.15, 0.2) is 5.13 Å². The van der Waals surface area contributed by atoms with Gasteiger partial charge in [0.05, 0.1) is 6.20 Å². The van der Waals surface area contributed by atoms with Crippen LogP contribution in [-0.2, 0) is 4.74 Å². The van der Waals surface area contributed by atoms with E-state index in [0.29, 0.717) is 15.9 Å². The van der Waals surface area contributed by atoms with Crippen molar-refractivity contribution in [2.24, 2.45) is 0 Å². The van der Waals surface area contributed by atoms with Gasteiger partial charge in [-0.25, -0.2) is 9.78 Å². The van der Waals surface area contributed by atoms with Crippen molar-refractivity contribution >= 4 is 38.5 Å². The lowest BCUT2D eigenvalue weighted by atomic mass is 10.2. The summed E-state index contributed by atoms with van der Waals surface area (Å²) in [6.07, 6.45) is 1.02. The predicted octanol–water partition coefficient (Wildman–Crippen LogP) is 5.04. The Labute approximate surface area is 135 Å². The maximum atomic E-state index is 11.6. The zero-order chi connectivity index (χ0) is 15.5. The standard InChI is InChI=1S/C14H15BrN2O3S/c1-14(2,3)20-13(18)17-12-16-8-11(21-12)19-10-6-4-9(15)5-7-10/h4-8H,1-3H3,(H,16,17,18). The Morgan fingerprint density at radius 2 is 1.95 bits per heavy atom. The molecule has 112 valence electrons. The Kier molecular flexibility index (Phi) is 4.84. The first kappa shape index (κ1) is 15.8. The molecule has 0 radical (unpaired) electrons. The van der Waals surface area contributed by atoms with Crippen LogP contribution in [0.25, 0.3) is 0 Å². The second-order valence-corrected chi connectivity index (χ2v) is 7.08. The third-order valence-electron chi connectivity index (χ3n) is 2.12. The van der Waals surface area contributed by atoms with Gasteiger partial charge in [0, 0.05) is 4.47 Å². The normalized spacial score (nSPS) is 11.0. The molecule has 2 rings (SSSR count). The zero-order valence-corrected chi connectivity index (χ0v) is 14.2. The number of ether oxygens (including phenoxy) is 2. The fourth-order valence-corrected chi connectivity index (χ4v) is 2.31. The van der Waals surface area contributed by atoms with Gasteiger partial charge in [-0.15, -0.1) is 0 Å². The molecule has 0 aliphatic heterocycles. The van der Waals surface area contributed by atoms with Gasteiger partial charge >= 0.3 is 6.09 Å². The van der Waals surface area contributed by atoms with Gasteiger partial charge in [-0.1, -0.05) is 27.3 Å². The molecule has 1 heterocycles. The summed E-state index contributed by atoms with van der Waals surface area (Å²) in [5.74, 6) is 0.700. The molecule has 7 heteroatoms. The van der Waals surface area contributed by atoms with Crippen LogP contribution in [0.4, 0.5) is 9.93 Å². The van der Waals surface area contributed by atoms with Crippen molar-refractivity contribution in [1.82, 2.24) is 4.98 Å². The molecule has 1 N–H and O–H groups in total. The van der Waals surface area contributed by atoms with Crippen LogP contribution in [0.2, 0.25) is 0 Å². The van der Waals surface area contributed by atoms with Gasteiger partial charge in [-0.05, 0) is 45.0 Å². The summed E-state index contributed by atoms with van der Waals surface area (Å²) in [6.45, 7) is 5.41. The average molecular weight is 371 g/mol. The van der Waals surface area contributed by atoms with E-state index in [-0.39, 0.29) is 0 Å². The number of carbonyl (C=O) groups is 1. The smallest absolute Gasteiger partial charge is 0.413 e. The molecule has 1 amide bonds. The molecule has 0 saturated carbocycles. The van der Waals surface area contributed by atoms with E-state index < -0.39 is 11.7 Å². The van der Waals surface area contributed by atoms with Gasteiger partial charge < -0.3 is 9.47 Å². The van der Waals surface area contributed by atoms with E-state index in [1.54, 1.807) is 27.0 Å². The number of carbonyl (C=O) groups excluding carboxylic acids is 1. The number of benzene rings is 1. The highest BCUT2D eigenvalue weighted by molar-refractivity contribution is 9.10. The van der Waals surface area contributed by atoms with Crippen molar-refractivity contribution in [2.75, 3.05) is 5.32 Å². The third-order valence-corrected chi connectivity index (χ3v) is 3.44. The Balaban J connectivity index is 1.95. The molecule has 0 aliphatic carbocycles. The molecule has 0 fully saturated rings. The van der Waals surface area contributed by atoms with Crippen LogP contribution in [0.3, 0.4) is 0 Å². The van der Waals surface area contributed by atoms with Gasteiger partial charge in [0.25, 0.3) is 0 Å². The zero-order valence-electron chi connectivity index (χ0n) is 11.8. The van der Waals surface area contributed by atoms with Gasteiger partial charge in [0.1, 0.15) is 11.4 Å². The number of nitrogens with one attached hydrogen (secondary N) is 1. The first-order valence-electron chi connectivity index (χ1n) is 6.21. The van der Waals surface area contributed by atoms with E-state index in [9.17, 15) is 4.79 Å². The lowest BCUT2D eigenvalue weighted by Gasteiger charge is -2.18. The van der Waals surface area contributed by atoms with Crippen molar-refractivity contribution < 1.29 is 14.3 Å². The summed E-state index contributed by atoms with van der Waals surface area (Å²) in [6, 6.07) is 7.45. The second kappa shape index (κ2) is 6.44. The summed E-state index contributed by atoms with van der Waals surface area (Å²) in [5, 5.41) is 3.59. The summed E-state index contributed by atoms with van der Waals surface area (Å²) in [7, 11) is 0. The number of hydrogen-bond acceptors (Lipinski definition) is 5. The molecule has 0 spiro atoms. The highest BCUT2D eigenvalue weighted by Crippen LogP contribution is 2.31. The van der Waals surface area contributed by atoms with E-state index in [1.807, 2.05) is 24.3 Å². The van der Waals surface area contributed by atoms with E-state index in [4.69, 9.17) is 9.47 Å². The minimum Gasteiger partial charge on any atom is -0.445 e. The highest BCUT2D eigenvalue weighted by Gasteiger charge is 2.17. The Bertz CT molecular complexity index is 620. The molecule has 0 saturated heterocycles. The lowest BCUT2D eigenvalue weighted by Crippen LogP contribution is -2.27. The Morgan fingerprint density at radius 1 is 1.29 bits per heavy atom. The number of halogens is 1. The number of amides is 1. The number of anilines is 1. The summed E-state index contributed by atoms with van der Waals surface area (Å²) < 4.78 is 11.8. The van der Waals surface area contributed by atoms with Crippen LogP contribution in [-0.4, -0.2) is 16.7 Å². The number of hydrogen-bond donors (Lipinski definition) is 1. The molecule has 1 aromatic carbocycles. The number of nitrogens with zero attached hydrogens (tertiary/aromatic N) is 1. The number of rotatable bonds is 3. The highest BCUT2D eigenvalue weighted by atomic mass is 79.9. The average Bonchev–Trinajstić information content (AvgIpc) is 2.77. The molecule has 0 bridgehead atoms. The first-order valence-corrected chi connectivity index (χ1v) is 7.82. The molecule has 21 heavy (non-hydrogen) atoms. The lowest BCUT2D eigenvalue weighted by molar-refractivity contribution is 0.0636. The van der Waals surface area contributed by atoms with Crippen LogP contribution in [0, 0.1) is 0 Å². The summed E-state index contributed by atoms with van der Waals surface area (Å²) in [4.78, 5) is 15.7. The topological polar surface area (TPSA) is 60.5 Å². The first-order chi connectivity index (χ1) is 9.82. The monoisotopic (exact) mass is 370 g/mol. The van der Waals surface area contributed by atoms with E-state index in [2.05, 4.69) is 26.2 Å². The van der Waals surface area contributed by atoms with Crippen LogP contribution in [0.1, 0.15) is 20.8 Å². The van der Waals surface area contributed by atoms with Crippen LogP contribution in [0.5, 0.6) is 10.8 Å². The van der Waals surface area contributed by atoms with Crippen molar-refractivity contribution in [2.45, 2.75) is 26.4 Å². The van der Waals surface area contributed by atoms with Gasteiger partial charge in [0.2, 0.25) is 5.06 Å². The minimum absolute atomic E-state index is 0.427. The van der Waals surface area contributed by atoms with E-state index in [0.717, 1.165) is 4.47 Å². The second-order valence-electron chi connectivity index (χ2n) is 5.17. The fraction of sp³-hybridized carbons (Fsp3) is 0.286. The SMILES string of the molecule is CC(C)(C)OC(=O)Nc1ncc(Oc2ccc(Br)cc2)s1. The summed E-state index contributed by atoms with van der Waals surface area (Å²) >= 11 is 4.59. The molecule has 0 aliphatic rings. The van der Waals surface area contributed by atoms with Crippen molar-refractivity contribution in [3.63, 3.8) is 0 Å². The third kappa shape index (κ3) is 5.35. The maximum absolute atomic E-state index is 11.6. The molecule has 2 aromatic rings. The van der Waals surface area contributed by atoms with Gasteiger partial charge in [-0.3, -0.25) is 5.32 Å². The molecule has 0 atom stereocenters. The maximum Gasteiger partial charge on any atom is 0.413 e. The van der Waals surface area contributed by atoms with Crippen molar-refractivity contribution in [3.05, 3.63) is 34.9 Å². The van der Waals surface area contributed by atoms with Crippen LogP contribution >= 0.6 is 27.3 Å². The molecule has 0 unspecified atom stereocenters. The fourth-order valence-electron chi connectivity index (χ4n) is 1.37. The van der Waals surface area contributed by atoms with Crippen LogP contribution < -0.4 is 10.1 Å².